The SMILES string of the molecule is COC(=O)CC#Cc1ccc(C(F)(F)F)c(OC)c1. The van der Waals surface area contributed by atoms with Gasteiger partial charge in [-0.2, -0.15) is 13.2 Å². The first kappa shape index (κ1) is 14.9. The van der Waals surface area contributed by atoms with Gasteiger partial charge in [-0.25, -0.2) is 0 Å². The van der Waals surface area contributed by atoms with Crippen LogP contribution in [0.15, 0.2) is 18.2 Å². The van der Waals surface area contributed by atoms with Crippen molar-refractivity contribution in [2.24, 2.45) is 0 Å². The van der Waals surface area contributed by atoms with E-state index in [1.165, 1.54) is 19.2 Å². The summed E-state index contributed by atoms with van der Waals surface area (Å²) < 4.78 is 46.8. The Labute approximate surface area is 108 Å². The lowest BCUT2D eigenvalue weighted by molar-refractivity contribution is -0.140. The molecule has 0 aliphatic rings. The first-order chi connectivity index (χ1) is 8.88. The molecule has 1 aromatic rings. The van der Waals surface area contributed by atoms with Crippen LogP contribution in [0.25, 0.3) is 0 Å². The summed E-state index contributed by atoms with van der Waals surface area (Å²) >= 11 is 0. The molecule has 0 aliphatic heterocycles. The molecule has 0 aromatic heterocycles. The van der Waals surface area contributed by atoms with Crippen LogP contribution in [0.1, 0.15) is 17.5 Å². The van der Waals surface area contributed by atoms with Gasteiger partial charge in [-0.15, -0.1) is 0 Å². The van der Waals surface area contributed by atoms with Crippen LogP contribution >= 0.6 is 0 Å². The molecule has 0 heterocycles. The predicted molar refractivity (Wildman–Crippen MR) is 61.5 cm³/mol. The van der Waals surface area contributed by atoms with Crippen molar-refractivity contribution in [3.63, 3.8) is 0 Å². The average molecular weight is 272 g/mol. The Hall–Kier alpha value is -2.16. The number of ether oxygens (including phenoxy) is 2. The summed E-state index contributed by atoms with van der Waals surface area (Å²) in [6.07, 6.45) is -4.61. The summed E-state index contributed by atoms with van der Waals surface area (Å²) in [4.78, 5) is 10.8. The van der Waals surface area contributed by atoms with Gasteiger partial charge < -0.3 is 9.47 Å². The third kappa shape index (κ3) is 4.21. The summed E-state index contributed by atoms with van der Waals surface area (Å²) in [6, 6.07) is 3.28. The molecule has 3 nitrogen and oxygen atoms in total. The Kier molecular flexibility index (Phi) is 4.81. The van der Waals surface area contributed by atoms with E-state index in [0.29, 0.717) is 5.56 Å². The van der Waals surface area contributed by atoms with Crippen molar-refractivity contribution in [3.8, 4) is 17.6 Å². The fourth-order valence-corrected chi connectivity index (χ4v) is 1.29. The molecule has 1 aromatic carbocycles. The number of alkyl halides is 3. The van der Waals surface area contributed by atoms with Gasteiger partial charge in [0.15, 0.2) is 0 Å². The van der Waals surface area contributed by atoms with Crippen LogP contribution in [0.3, 0.4) is 0 Å². The van der Waals surface area contributed by atoms with Gasteiger partial charge in [0.1, 0.15) is 12.2 Å². The smallest absolute Gasteiger partial charge is 0.419 e. The van der Waals surface area contributed by atoms with Crippen molar-refractivity contribution < 1.29 is 27.4 Å². The zero-order valence-electron chi connectivity index (χ0n) is 10.3. The number of carbonyl (C=O) groups is 1. The molecule has 1 rings (SSSR count). The first-order valence-corrected chi connectivity index (χ1v) is 5.19. The molecule has 0 unspecified atom stereocenters. The van der Waals surface area contributed by atoms with E-state index in [2.05, 4.69) is 21.3 Å². The molecule has 0 bridgehead atoms. The largest absolute Gasteiger partial charge is 0.496 e. The van der Waals surface area contributed by atoms with Crippen LogP contribution in [-0.2, 0) is 15.7 Å². The summed E-state index contributed by atoms with van der Waals surface area (Å²) in [5, 5.41) is 0. The van der Waals surface area contributed by atoms with E-state index in [1.807, 2.05) is 0 Å². The van der Waals surface area contributed by atoms with Gasteiger partial charge in [0, 0.05) is 5.56 Å². The van der Waals surface area contributed by atoms with Crippen molar-refractivity contribution in [1.29, 1.82) is 0 Å². The molecular formula is C13H11F3O3. The summed E-state index contributed by atoms with van der Waals surface area (Å²) in [5.74, 6) is 4.25. The Morgan fingerprint density at radius 1 is 1.32 bits per heavy atom. The molecule has 6 heteroatoms. The minimum Gasteiger partial charge on any atom is -0.496 e. The number of rotatable bonds is 2. The molecule has 0 radical (unpaired) electrons. The van der Waals surface area contributed by atoms with Gasteiger partial charge in [0.25, 0.3) is 0 Å². The van der Waals surface area contributed by atoms with E-state index >= 15 is 0 Å². The second kappa shape index (κ2) is 6.14. The van der Waals surface area contributed by atoms with Gasteiger partial charge in [0.05, 0.1) is 19.8 Å². The summed E-state index contributed by atoms with van der Waals surface area (Å²) in [6.45, 7) is 0. The van der Waals surface area contributed by atoms with Crippen LogP contribution in [0.5, 0.6) is 5.75 Å². The van der Waals surface area contributed by atoms with E-state index in [0.717, 1.165) is 13.2 Å². The fraction of sp³-hybridized carbons (Fsp3) is 0.308. The lowest BCUT2D eigenvalue weighted by atomic mass is 10.1. The second-order valence-electron chi connectivity index (χ2n) is 3.47. The van der Waals surface area contributed by atoms with Gasteiger partial charge in [0.2, 0.25) is 0 Å². The van der Waals surface area contributed by atoms with E-state index in [1.54, 1.807) is 0 Å². The van der Waals surface area contributed by atoms with Gasteiger partial charge in [-0.3, -0.25) is 4.79 Å². The van der Waals surface area contributed by atoms with Crippen LogP contribution in [0.2, 0.25) is 0 Å². The number of hydrogen-bond donors (Lipinski definition) is 0. The van der Waals surface area contributed by atoms with Crippen molar-refractivity contribution in [3.05, 3.63) is 29.3 Å². The van der Waals surface area contributed by atoms with E-state index < -0.39 is 17.7 Å². The summed E-state index contributed by atoms with van der Waals surface area (Å²) in [7, 11) is 2.38. The highest BCUT2D eigenvalue weighted by Gasteiger charge is 2.34. The molecule has 0 fully saturated rings. The van der Waals surface area contributed by atoms with Gasteiger partial charge in [-0.1, -0.05) is 11.8 Å². The monoisotopic (exact) mass is 272 g/mol. The molecule has 19 heavy (non-hydrogen) atoms. The minimum atomic E-state index is -4.48. The lowest BCUT2D eigenvalue weighted by Crippen LogP contribution is -2.07. The third-order valence-corrected chi connectivity index (χ3v) is 2.20. The average Bonchev–Trinajstić information content (AvgIpc) is 2.37. The molecule has 0 atom stereocenters. The normalized spacial score (nSPS) is 10.4. The molecule has 0 N–H and O–H groups in total. The van der Waals surface area contributed by atoms with E-state index in [4.69, 9.17) is 0 Å². The first-order valence-electron chi connectivity index (χ1n) is 5.19. The minimum absolute atomic E-state index is 0.125. The van der Waals surface area contributed by atoms with Crippen LogP contribution in [-0.4, -0.2) is 20.2 Å². The molecular weight excluding hydrogens is 261 g/mol. The van der Waals surface area contributed by atoms with Crippen LogP contribution in [0, 0.1) is 11.8 Å². The Bertz CT molecular complexity index is 524. The number of methoxy groups -OCH3 is 2. The van der Waals surface area contributed by atoms with Crippen molar-refractivity contribution >= 4 is 5.97 Å². The highest BCUT2D eigenvalue weighted by atomic mass is 19.4. The van der Waals surface area contributed by atoms with E-state index in [-0.39, 0.29) is 12.2 Å². The van der Waals surface area contributed by atoms with Gasteiger partial charge >= 0.3 is 12.1 Å². The highest BCUT2D eigenvalue weighted by molar-refractivity contribution is 5.72. The second-order valence-corrected chi connectivity index (χ2v) is 3.47. The maximum absolute atomic E-state index is 12.6. The number of esters is 1. The topological polar surface area (TPSA) is 35.5 Å². The maximum atomic E-state index is 12.6. The molecule has 0 aliphatic carbocycles. The molecule has 0 saturated heterocycles. The molecule has 102 valence electrons. The fourth-order valence-electron chi connectivity index (χ4n) is 1.29. The quantitative estimate of drug-likeness (QED) is 0.613. The van der Waals surface area contributed by atoms with Crippen molar-refractivity contribution in [2.45, 2.75) is 12.6 Å². The predicted octanol–water partition coefficient (Wildman–Crippen LogP) is 2.63. The van der Waals surface area contributed by atoms with Crippen molar-refractivity contribution in [1.82, 2.24) is 0 Å². The Balaban J connectivity index is 2.98. The standard InChI is InChI=1S/C13H11F3O3/c1-18-11-8-9(4-3-5-12(17)19-2)6-7-10(11)13(14,15)16/h6-8H,5H2,1-2H3. The molecule has 0 amide bonds. The Morgan fingerprint density at radius 2 is 2.00 bits per heavy atom. The summed E-state index contributed by atoms with van der Waals surface area (Å²) in [5.41, 5.74) is -0.540. The zero-order valence-corrected chi connectivity index (χ0v) is 10.3. The lowest BCUT2D eigenvalue weighted by Gasteiger charge is -2.11. The molecule has 0 saturated carbocycles. The van der Waals surface area contributed by atoms with Crippen LogP contribution in [0.4, 0.5) is 13.2 Å². The van der Waals surface area contributed by atoms with Gasteiger partial charge in [-0.05, 0) is 18.2 Å². The number of hydrogen-bond acceptors (Lipinski definition) is 3. The van der Waals surface area contributed by atoms with Crippen LogP contribution < -0.4 is 4.74 Å². The number of carbonyl (C=O) groups excluding carboxylic acids is 1. The number of benzene rings is 1. The van der Waals surface area contributed by atoms with E-state index in [9.17, 15) is 18.0 Å². The molecule has 0 spiro atoms. The zero-order chi connectivity index (χ0) is 14.5. The maximum Gasteiger partial charge on any atom is 0.419 e. The highest BCUT2D eigenvalue weighted by Crippen LogP contribution is 2.36. The van der Waals surface area contributed by atoms with Crippen molar-refractivity contribution in [2.75, 3.05) is 14.2 Å². The third-order valence-electron chi connectivity index (χ3n) is 2.20. The number of halogens is 3. The Morgan fingerprint density at radius 3 is 2.53 bits per heavy atom.